The zero-order valence-corrected chi connectivity index (χ0v) is 46.1. The van der Waals surface area contributed by atoms with Gasteiger partial charge < -0.3 is 33.3 Å². The van der Waals surface area contributed by atoms with Crippen molar-refractivity contribution in [1.29, 1.82) is 0 Å². The van der Waals surface area contributed by atoms with E-state index in [0.717, 1.165) is 109 Å². The number of quaternary nitrogens is 1. The molecule has 0 spiro atoms. The van der Waals surface area contributed by atoms with E-state index in [1.807, 2.05) is 21.1 Å². The van der Waals surface area contributed by atoms with E-state index in [9.17, 15) is 19.5 Å². The van der Waals surface area contributed by atoms with Gasteiger partial charge in [-0.1, -0.05) is 214 Å². The molecule has 0 aliphatic heterocycles. The number of ether oxygens (including phenoxy) is 4. The Morgan fingerprint density at radius 1 is 0.423 bits per heavy atom. The number of hydrogen-bond donors (Lipinski definition) is 0. The van der Waals surface area contributed by atoms with Crippen LogP contribution in [-0.2, 0) is 33.3 Å². The number of rotatable bonds is 51. The standard InChI is InChI=1S/C62H105NO8/c1-6-8-10-12-14-16-18-20-22-24-26-28-30-32-34-36-38-40-42-44-46-48-50-52-59(64)69-56-58(57-70-62(61(66)67)68-55-54-63(3,4)5)71-60(65)53-51-49-47-45-43-41-39-37-35-33-31-29-27-25-23-21-19-17-15-13-11-9-7-2/h8-11,14-17,20-23,26-29,58,62H,6-7,12-13,18-19,24-25,30-57H2,1-5H3/b10-8-,11-9-,16-14-,17-15-,22-20-,23-21-,28-26-,29-27-. The third-order valence-corrected chi connectivity index (χ3v) is 11.8. The molecular formula is C62H105NO8. The maximum absolute atomic E-state index is 12.9. The molecule has 0 amide bonds. The van der Waals surface area contributed by atoms with E-state index in [2.05, 4.69) is 111 Å². The Hall–Kier alpha value is -3.79. The summed E-state index contributed by atoms with van der Waals surface area (Å²) in [6, 6.07) is 0. The van der Waals surface area contributed by atoms with Crippen molar-refractivity contribution in [3.05, 3.63) is 97.2 Å². The van der Waals surface area contributed by atoms with Gasteiger partial charge in [-0.3, -0.25) is 9.59 Å². The minimum atomic E-state index is -1.63. The lowest BCUT2D eigenvalue weighted by molar-refractivity contribution is -0.870. The van der Waals surface area contributed by atoms with E-state index >= 15 is 0 Å². The molecule has 0 fully saturated rings. The summed E-state index contributed by atoms with van der Waals surface area (Å²) in [5, 5.41) is 11.8. The fraction of sp³-hybridized carbons (Fsp3) is 0.694. The van der Waals surface area contributed by atoms with Gasteiger partial charge in [0.1, 0.15) is 13.2 Å². The van der Waals surface area contributed by atoms with Crippen LogP contribution in [-0.4, -0.2) is 82.3 Å². The Bertz CT molecular complexity index is 1480. The summed E-state index contributed by atoms with van der Waals surface area (Å²) in [5.74, 6) is -2.30. The number of carbonyl (C=O) groups excluding carboxylic acids is 3. The van der Waals surface area contributed by atoms with Crippen LogP contribution in [0.3, 0.4) is 0 Å². The first-order valence-electron chi connectivity index (χ1n) is 28.4. The second-order valence-corrected chi connectivity index (χ2v) is 19.8. The maximum Gasteiger partial charge on any atom is 0.306 e. The van der Waals surface area contributed by atoms with Crippen molar-refractivity contribution in [2.24, 2.45) is 0 Å². The first-order valence-corrected chi connectivity index (χ1v) is 28.4. The SMILES string of the molecule is CC/C=C\C/C=C\C/C=C\C/C=C\CCCCCCCCCCCCC(=O)OCC(COC(OCC[N+](C)(C)C)C(=O)[O-])OC(=O)CCCCCCCCCCCC/C=C\C/C=C\C/C=C\C/C=C\CC. The van der Waals surface area contributed by atoms with Crippen LogP contribution in [0.25, 0.3) is 0 Å². The van der Waals surface area contributed by atoms with Crippen LogP contribution in [0.4, 0.5) is 0 Å². The molecule has 71 heavy (non-hydrogen) atoms. The third-order valence-electron chi connectivity index (χ3n) is 11.8. The number of carboxylic acids is 1. The highest BCUT2D eigenvalue weighted by Gasteiger charge is 2.22. The van der Waals surface area contributed by atoms with Crippen LogP contribution in [0, 0.1) is 0 Å². The van der Waals surface area contributed by atoms with Crippen molar-refractivity contribution in [2.45, 2.75) is 232 Å². The van der Waals surface area contributed by atoms with E-state index in [4.69, 9.17) is 18.9 Å². The summed E-state index contributed by atoms with van der Waals surface area (Å²) in [6.07, 6.45) is 67.3. The van der Waals surface area contributed by atoms with Gasteiger partial charge in [0.25, 0.3) is 0 Å². The highest BCUT2D eigenvalue weighted by molar-refractivity contribution is 5.70. The first-order chi connectivity index (χ1) is 34.6. The predicted octanol–water partition coefficient (Wildman–Crippen LogP) is 15.2. The van der Waals surface area contributed by atoms with Gasteiger partial charge >= 0.3 is 11.9 Å². The molecule has 0 N–H and O–H groups in total. The molecule has 9 heteroatoms. The quantitative estimate of drug-likeness (QED) is 0.0195. The van der Waals surface area contributed by atoms with Crippen LogP contribution in [0.2, 0.25) is 0 Å². The number of allylic oxidation sites excluding steroid dienone is 16. The van der Waals surface area contributed by atoms with E-state index < -0.39 is 24.3 Å². The lowest BCUT2D eigenvalue weighted by Gasteiger charge is -2.26. The molecule has 0 aliphatic carbocycles. The minimum absolute atomic E-state index is 0.141. The molecule has 0 saturated heterocycles. The smallest absolute Gasteiger partial charge is 0.306 e. The molecule has 0 rings (SSSR count). The Morgan fingerprint density at radius 3 is 1.13 bits per heavy atom. The number of likely N-dealkylation sites (N-methyl/N-ethyl adjacent to an activating group) is 1. The lowest BCUT2D eigenvalue weighted by atomic mass is 10.0. The number of carboxylic acid groups (broad SMARTS) is 1. The molecule has 2 unspecified atom stereocenters. The van der Waals surface area contributed by atoms with E-state index in [1.165, 1.54) is 77.0 Å². The zero-order chi connectivity index (χ0) is 52.0. The van der Waals surface area contributed by atoms with Crippen molar-refractivity contribution in [3.63, 3.8) is 0 Å². The molecular weight excluding hydrogens is 887 g/mol. The number of carbonyl (C=O) groups is 3. The van der Waals surface area contributed by atoms with Gasteiger partial charge in [-0.15, -0.1) is 0 Å². The van der Waals surface area contributed by atoms with Crippen molar-refractivity contribution in [1.82, 2.24) is 0 Å². The highest BCUT2D eigenvalue weighted by atomic mass is 16.7. The summed E-state index contributed by atoms with van der Waals surface area (Å²) in [5.41, 5.74) is 0. The number of hydrogen-bond acceptors (Lipinski definition) is 8. The summed E-state index contributed by atoms with van der Waals surface area (Å²) < 4.78 is 22.7. The van der Waals surface area contributed by atoms with Crippen molar-refractivity contribution >= 4 is 17.9 Å². The average Bonchev–Trinajstić information content (AvgIpc) is 3.34. The van der Waals surface area contributed by atoms with Crippen molar-refractivity contribution in [2.75, 3.05) is 47.5 Å². The predicted molar refractivity (Wildman–Crippen MR) is 297 cm³/mol. The van der Waals surface area contributed by atoms with Crippen LogP contribution in [0.1, 0.15) is 219 Å². The highest BCUT2D eigenvalue weighted by Crippen LogP contribution is 2.15. The topological polar surface area (TPSA) is 111 Å². The van der Waals surface area contributed by atoms with E-state index in [0.29, 0.717) is 17.4 Å². The van der Waals surface area contributed by atoms with Gasteiger partial charge in [-0.2, -0.15) is 0 Å². The van der Waals surface area contributed by atoms with E-state index in [1.54, 1.807) is 0 Å². The summed E-state index contributed by atoms with van der Waals surface area (Å²) in [7, 11) is 5.91. The Morgan fingerprint density at radius 2 is 0.761 bits per heavy atom. The van der Waals surface area contributed by atoms with E-state index in [-0.39, 0.29) is 38.6 Å². The summed E-state index contributed by atoms with van der Waals surface area (Å²) in [6.45, 7) is 4.51. The second-order valence-electron chi connectivity index (χ2n) is 19.8. The molecule has 0 radical (unpaired) electrons. The van der Waals surface area contributed by atoms with Gasteiger partial charge in [0.2, 0.25) is 0 Å². The van der Waals surface area contributed by atoms with Gasteiger partial charge in [-0.25, -0.2) is 0 Å². The van der Waals surface area contributed by atoms with Crippen molar-refractivity contribution < 1.29 is 42.9 Å². The number of aliphatic carboxylic acids is 1. The Labute approximate surface area is 435 Å². The fourth-order valence-electron chi connectivity index (χ4n) is 7.52. The fourth-order valence-corrected chi connectivity index (χ4v) is 7.52. The molecule has 9 nitrogen and oxygen atoms in total. The molecule has 0 aliphatic rings. The minimum Gasteiger partial charge on any atom is -0.545 e. The Kier molecular flexibility index (Phi) is 49.7. The van der Waals surface area contributed by atoms with Gasteiger partial charge in [0.15, 0.2) is 12.4 Å². The molecule has 406 valence electrons. The van der Waals surface area contributed by atoms with Gasteiger partial charge in [0.05, 0.1) is 40.3 Å². The van der Waals surface area contributed by atoms with Gasteiger partial charge in [0, 0.05) is 12.8 Å². The molecule has 0 heterocycles. The van der Waals surface area contributed by atoms with Crippen molar-refractivity contribution in [3.8, 4) is 0 Å². The third kappa shape index (κ3) is 53.8. The van der Waals surface area contributed by atoms with Crippen LogP contribution in [0.15, 0.2) is 97.2 Å². The number of esters is 2. The van der Waals surface area contributed by atoms with Crippen LogP contribution in [0.5, 0.6) is 0 Å². The van der Waals surface area contributed by atoms with Crippen LogP contribution < -0.4 is 5.11 Å². The normalized spacial score (nSPS) is 13.5. The van der Waals surface area contributed by atoms with Gasteiger partial charge in [-0.05, 0) is 89.9 Å². The van der Waals surface area contributed by atoms with Crippen LogP contribution >= 0.6 is 0 Å². The monoisotopic (exact) mass is 992 g/mol. The molecule has 0 aromatic carbocycles. The molecule has 0 aromatic heterocycles. The number of nitrogens with zero attached hydrogens (tertiary/aromatic N) is 1. The Balaban J connectivity index is 4.29. The molecule has 2 atom stereocenters. The first kappa shape index (κ1) is 67.2. The second kappa shape index (κ2) is 52.5. The largest absolute Gasteiger partial charge is 0.545 e. The number of unbranched alkanes of at least 4 members (excludes halogenated alkanes) is 20. The molecule has 0 bridgehead atoms. The summed E-state index contributed by atoms with van der Waals surface area (Å²) >= 11 is 0. The lowest BCUT2D eigenvalue weighted by Crippen LogP contribution is -2.44. The average molecular weight is 993 g/mol. The summed E-state index contributed by atoms with van der Waals surface area (Å²) in [4.78, 5) is 37.3. The molecule has 0 aromatic rings. The zero-order valence-electron chi connectivity index (χ0n) is 46.1. The maximum atomic E-state index is 12.9. The molecule has 0 saturated carbocycles.